The lowest BCUT2D eigenvalue weighted by Crippen LogP contribution is -2.54. The Morgan fingerprint density at radius 3 is 2.69 bits per heavy atom. The Morgan fingerprint density at radius 2 is 2.00 bits per heavy atom. The number of hydrogen-bond acceptors (Lipinski definition) is 5. The molecular formula is C19H23N3O4. The SMILES string of the molecule is CCCC(C)CNc1cccc2c1C(=O)N(C1CCC(=O)NC1=O)C2=O. The molecule has 138 valence electrons. The number of nitrogens with zero attached hydrogens (tertiary/aromatic N) is 1. The lowest BCUT2D eigenvalue weighted by molar-refractivity contribution is -0.136. The standard InChI is InChI=1S/C19H23N3O4/c1-3-5-11(2)10-20-13-7-4-6-12-16(13)19(26)22(18(12)25)14-8-9-15(23)21-17(14)24/h4,6-7,11,14,20H,3,5,8-10H2,1-2H3,(H,21,23,24). The van der Waals surface area contributed by atoms with Crippen LogP contribution >= 0.6 is 0 Å². The molecule has 2 heterocycles. The van der Waals surface area contributed by atoms with Gasteiger partial charge in [0.05, 0.1) is 11.1 Å². The summed E-state index contributed by atoms with van der Waals surface area (Å²) in [5.74, 6) is -1.50. The van der Waals surface area contributed by atoms with E-state index < -0.39 is 23.8 Å². The van der Waals surface area contributed by atoms with Crippen molar-refractivity contribution in [2.24, 2.45) is 5.92 Å². The van der Waals surface area contributed by atoms with Crippen molar-refractivity contribution in [3.8, 4) is 0 Å². The lowest BCUT2D eigenvalue weighted by Gasteiger charge is -2.27. The van der Waals surface area contributed by atoms with Crippen molar-refractivity contribution in [3.63, 3.8) is 0 Å². The van der Waals surface area contributed by atoms with E-state index in [0.717, 1.165) is 17.7 Å². The Balaban J connectivity index is 1.84. The van der Waals surface area contributed by atoms with Crippen LogP contribution in [-0.4, -0.2) is 41.1 Å². The van der Waals surface area contributed by atoms with E-state index >= 15 is 0 Å². The average molecular weight is 357 g/mol. The fourth-order valence-electron chi connectivity index (χ4n) is 3.54. The Hall–Kier alpha value is -2.70. The third-order valence-electron chi connectivity index (χ3n) is 4.89. The van der Waals surface area contributed by atoms with E-state index in [1.54, 1.807) is 18.2 Å². The highest BCUT2D eigenvalue weighted by atomic mass is 16.2. The van der Waals surface area contributed by atoms with Gasteiger partial charge in [-0.25, -0.2) is 0 Å². The smallest absolute Gasteiger partial charge is 0.264 e. The number of carbonyl (C=O) groups is 4. The molecule has 1 aromatic rings. The van der Waals surface area contributed by atoms with Crippen molar-refractivity contribution in [3.05, 3.63) is 29.3 Å². The Kier molecular flexibility index (Phi) is 5.06. The minimum Gasteiger partial charge on any atom is -0.384 e. The maximum absolute atomic E-state index is 12.9. The summed E-state index contributed by atoms with van der Waals surface area (Å²) in [5, 5.41) is 5.47. The molecular weight excluding hydrogens is 334 g/mol. The van der Waals surface area contributed by atoms with E-state index in [1.165, 1.54) is 0 Å². The molecule has 0 aromatic heterocycles. The molecule has 0 aliphatic carbocycles. The summed E-state index contributed by atoms with van der Waals surface area (Å²) >= 11 is 0. The molecule has 26 heavy (non-hydrogen) atoms. The first-order chi connectivity index (χ1) is 12.4. The summed E-state index contributed by atoms with van der Waals surface area (Å²) in [6, 6.07) is 4.16. The largest absolute Gasteiger partial charge is 0.384 e. The van der Waals surface area contributed by atoms with Gasteiger partial charge >= 0.3 is 0 Å². The van der Waals surface area contributed by atoms with E-state index in [4.69, 9.17) is 0 Å². The second-order valence-corrected chi connectivity index (χ2v) is 6.95. The number of benzene rings is 1. The van der Waals surface area contributed by atoms with Crippen molar-refractivity contribution >= 4 is 29.3 Å². The predicted molar refractivity (Wildman–Crippen MR) is 95.7 cm³/mol. The van der Waals surface area contributed by atoms with Crippen LogP contribution in [0.4, 0.5) is 5.69 Å². The fourth-order valence-corrected chi connectivity index (χ4v) is 3.54. The van der Waals surface area contributed by atoms with Crippen molar-refractivity contribution in [2.45, 2.75) is 45.6 Å². The lowest BCUT2D eigenvalue weighted by atomic mass is 10.0. The molecule has 0 radical (unpaired) electrons. The molecule has 4 amide bonds. The number of carbonyl (C=O) groups excluding carboxylic acids is 4. The van der Waals surface area contributed by atoms with Gasteiger partial charge in [0.25, 0.3) is 11.8 Å². The summed E-state index contributed by atoms with van der Waals surface area (Å²) in [4.78, 5) is 50.1. The molecule has 0 spiro atoms. The maximum atomic E-state index is 12.9. The number of hydrogen-bond donors (Lipinski definition) is 2. The summed E-state index contributed by atoms with van der Waals surface area (Å²) in [7, 11) is 0. The first-order valence-electron chi connectivity index (χ1n) is 9.02. The topological polar surface area (TPSA) is 95.6 Å². The molecule has 2 atom stereocenters. The maximum Gasteiger partial charge on any atom is 0.264 e. The number of anilines is 1. The van der Waals surface area contributed by atoms with E-state index in [-0.39, 0.29) is 18.7 Å². The van der Waals surface area contributed by atoms with Crippen LogP contribution in [0.2, 0.25) is 0 Å². The van der Waals surface area contributed by atoms with Gasteiger partial charge in [-0.05, 0) is 30.9 Å². The highest BCUT2D eigenvalue weighted by molar-refractivity contribution is 6.25. The third-order valence-corrected chi connectivity index (χ3v) is 4.89. The van der Waals surface area contributed by atoms with E-state index in [9.17, 15) is 19.2 Å². The van der Waals surface area contributed by atoms with Gasteiger partial charge in [0, 0.05) is 18.7 Å². The minimum absolute atomic E-state index is 0.115. The van der Waals surface area contributed by atoms with Crippen LogP contribution in [0, 0.1) is 5.92 Å². The van der Waals surface area contributed by atoms with Gasteiger partial charge in [-0.3, -0.25) is 29.4 Å². The summed E-state index contributed by atoms with van der Waals surface area (Å²) in [5.41, 5.74) is 1.22. The number of amides is 4. The molecule has 1 fully saturated rings. The number of imide groups is 2. The van der Waals surface area contributed by atoms with Crippen LogP contribution in [0.25, 0.3) is 0 Å². The van der Waals surface area contributed by atoms with Gasteiger partial charge in [-0.2, -0.15) is 0 Å². The molecule has 2 N–H and O–H groups in total. The van der Waals surface area contributed by atoms with Crippen LogP contribution in [0.5, 0.6) is 0 Å². The fraction of sp³-hybridized carbons (Fsp3) is 0.474. The molecule has 3 rings (SSSR count). The second-order valence-electron chi connectivity index (χ2n) is 6.95. The predicted octanol–water partition coefficient (Wildman–Crippen LogP) is 1.94. The molecule has 0 bridgehead atoms. The van der Waals surface area contributed by atoms with Crippen molar-refractivity contribution < 1.29 is 19.2 Å². The van der Waals surface area contributed by atoms with E-state index in [1.807, 2.05) is 0 Å². The van der Waals surface area contributed by atoms with Crippen LogP contribution < -0.4 is 10.6 Å². The van der Waals surface area contributed by atoms with Gasteiger partial charge < -0.3 is 5.32 Å². The van der Waals surface area contributed by atoms with Crippen LogP contribution in [0.3, 0.4) is 0 Å². The average Bonchev–Trinajstić information content (AvgIpc) is 2.85. The van der Waals surface area contributed by atoms with Crippen molar-refractivity contribution in [2.75, 3.05) is 11.9 Å². The number of nitrogens with one attached hydrogen (secondary N) is 2. The Labute approximate surface area is 152 Å². The molecule has 0 saturated carbocycles. The Bertz CT molecular complexity index is 774. The minimum atomic E-state index is -0.938. The zero-order chi connectivity index (χ0) is 18.8. The second kappa shape index (κ2) is 7.27. The molecule has 7 nitrogen and oxygen atoms in total. The zero-order valence-corrected chi connectivity index (χ0v) is 15.0. The highest BCUT2D eigenvalue weighted by Gasteiger charge is 2.45. The molecule has 2 aliphatic heterocycles. The van der Waals surface area contributed by atoms with Crippen molar-refractivity contribution in [1.82, 2.24) is 10.2 Å². The van der Waals surface area contributed by atoms with Gasteiger partial charge in [-0.1, -0.05) is 26.3 Å². The molecule has 7 heteroatoms. The van der Waals surface area contributed by atoms with Gasteiger partial charge in [0.2, 0.25) is 11.8 Å². The van der Waals surface area contributed by atoms with Gasteiger partial charge in [-0.15, -0.1) is 0 Å². The first kappa shape index (κ1) is 18.1. The van der Waals surface area contributed by atoms with E-state index in [2.05, 4.69) is 24.5 Å². The number of rotatable bonds is 6. The molecule has 2 aliphatic rings. The van der Waals surface area contributed by atoms with Crippen LogP contribution in [0.1, 0.15) is 60.2 Å². The summed E-state index contributed by atoms with van der Waals surface area (Å²) < 4.78 is 0. The molecule has 1 saturated heterocycles. The summed E-state index contributed by atoms with van der Waals surface area (Å²) in [6.45, 7) is 4.95. The first-order valence-corrected chi connectivity index (χ1v) is 9.02. The molecule has 1 aromatic carbocycles. The quantitative estimate of drug-likeness (QED) is 0.759. The third kappa shape index (κ3) is 3.21. The number of fused-ring (bicyclic) bond motifs is 1. The van der Waals surface area contributed by atoms with E-state index in [0.29, 0.717) is 29.3 Å². The van der Waals surface area contributed by atoms with Crippen LogP contribution in [0.15, 0.2) is 18.2 Å². The molecule has 2 unspecified atom stereocenters. The monoisotopic (exact) mass is 357 g/mol. The van der Waals surface area contributed by atoms with Crippen molar-refractivity contribution in [1.29, 1.82) is 0 Å². The van der Waals surface area contributed by atoms with Gasteiger partial charge in [0.1, 0.15) is 6.04 Å². The highest BCUT2D eigenvalue weighted by Crippen LogP contribution is 2.32. The Morgan fingerprint density at radius 1 is 1.23 bits per heavy atom. The zero-order valence-electron chi connectivity index (χ0n) is 15.0. The van der Waals surface area contributed by atoms with Crippen LogP contribution in [-0.2, 0) is 9.59 Å². The van der Waals surface area contributed by atoms with Gasteiger partial charge in [0.15, 0.2) is 0 Å². The number of piperidine rings is 1. The summed E-state index contributed by atoms with van der Waals surface area (Å²) in [6.07, 6.45) is 2.42. The normalized spacial score (nSPS) is 20.8.